The van der Waals surface area contributed by atoms with E-state index in [1.807, 2.05) is 18.2 Å². The molecule has 2 heterocycles. The Bertz CT molecular complexity index is 1380. The van der Waals surface area contributed by atoms with Crippen LogP contribution in [0.4, 0.5) is 0 Å². The minimum atomic E-state index is -3.58. The van der Waals surface area contributed by atoms with Crippen LogP contribution >= 0.6 is 11.8 Å². The molecule has 0 fully saturated rings. The third-order valence-corrected chi connectivity index (χ3v) is 8.19. The maximum atomic E-state index is 12.5. The molecule has 2 aliphatic rings. The number of carbonyl (C=O) groups excluding carboxylic acids is 1. The molecule has 2 aliphatic heterocycles. The lowest BCUT2D eigenvalue weighted by Gasteiger charge is -2.20. The Kier molecular flexibility index (Phi) is 7.60. The van der Waals surface area contributed by atoms with Gasteiger partial charge in [0.05, 0.1) is 5.57 Å². The summed E-state index contributed by atoms with van der Waals surface area (Å²) < 4.78 is 35.0. The number of hydrazone groups is 1. The van der Waals surface area contributed by atoms with Crippen LogP contribution in [0.2, 0.25) is 0 Å². The van der Waals surface area contributed by atoms with E-state index >= 15 is 0 Å². The molecule has 2 aromatic carbocycles. The summed E-state index contributed by atoms with van der Waals surface area (Å²) in [6, 6.07) is 15.1. The molecular formula is C25H26N4O5S2. The van der Waals surface area contributed by atoms with Gasteiger partial charge >= 0.3 is 0 Å². The number of nitrogens with zero attached hydrogens (tertiary/aromatic N) is 3. The summed E-state index contributed by atoms with van der Waals surface area (Å²) in [6.45, 7) is 5.08. The number of amidine groups is 2. The van der Waals surface area contributed by atoms with Gasteiger partial charge in [-0.05, 0) is 59.5 Å². The predicted molar refractivity (Wildman–Crippen MR) is 142 cm³/mol. The van der Waals surface area contributed by atoms with Crippen molar-refractivity contribution in [3.05, 3.63) is 65.2 Å². The van der Waals surface area contributed by atoms with E-state index in [2.05, 4.69) is 30.0 Å². The van der Waals surface area contributed by atoms with Gasteiger partial charge in [-0.25, -0.2) is 8.42 Å². The number of sulfone groups is 1. The first-order valence-corrected chi connectivity index (χ1v) is 14.0. The molecule has 11 heteroatoms. The van der Waals surface area contributed by atoms with Gasteiger partial charge in [-0.15, -0.1) is 5.10 Å². The summed E-state index contributed by atoms with van der Waals surface area (Å²) in [5.41, 5.74) is 1.86. The van der Waals surface area contributed by atoms with Crippen LogP contribution < -0.4 is 9.47 Å². The minimum absolute atomic E-state index is 0.0138. The van der Waals surface area contributed by atoms with E-state index in [1.165, 1.54) is 11.6 Å². The number of benzene rings is 2. The topological polar surface area (TPSA) is 121 Å². The lowest BCUT2D eigenvalue weighted by Crippen LogP contribution is -2.35. The summed E-state index contributed by atoms with van der Waals surface area (Å²) in [4.78, 5) is 16.4. The molecule has 188 valence electrons. The van der Waals surface area contributed by atoms with E-state index < -0.39 is 15.7 Å². The van der Waals surface area contributed by atoms with Crippen molar-refractivity contribution in [2.45, 2.75) is 26.2 Å². The SMILES string of the molecule is CCC(C)c1ccccc1OCCOc1ccc(/C=C2/C(=N)N3N=C(S(C)(=O)=O)SC3=NC2=O)cc1. The first kappa shape index (κ1) is 25.6. The number of aliphatic imine (C=N–C) groups is 1. The summed E-state index contributed by atoms with van der Waals surface area (Å²) >= 11 is 0.753. The highest BCUT2D eigenvalue weighted by atomic mass is 32.3. The van der Waals surface area contributed by atoms with Crippen molar-refractivity contribution in [3.8, 4) is 11.5 Å². The highest BCUT2D eigenvalue weighted by molar-refractivity contribution is 8.42. The maximum absolute atomic E-state index is 12.5. The zero-order chi connectivity index (χ0) is 25.9. The Morgan fingerprint density at radius 1 is 1.11 bits per heavy atom. The summed E-state index contributed by atoms with van der Waals surface area (Å²) in [7, 11) is -3.58. The molecule has 0 aromatic heterocycles. The minimum Gasteiger partial charge on any atom is -0.490 e. The molecule has 0 bridgehead atoms. The van der Waals surface area contributed by atoms with Gasteiger partial charge in [0.15, 0.2) is 5.84 Å². The molecule has 1 amide bonds. The lowest BCUT2D eigenvalue weighted by atomic mass is 9.98. The number of hydrogen-bond acceptors (Lipinski definition) is 8. The lowest BCUT2D eigenvalue weighted by molar-refractivity contribution is -0.114. The average molecular weight is 527 g/mol. The number of hydrogen-bond donors (Lipinski definition) is 1. The van der Waals surface area contributed by atoms with Gasteiger partial charge in [-0.3, -0.25) is 10.2 Å². The van der Waals surface area contributed by atoms with Gasteiger partial charge in [0.2, 0.25) is 19.4 Å². The highest BCUT2D eigenvalue weighted by Crippen LogP contribution is 2.30. The van der Waals surface area contributed by atoms with E-state index in [0.717, 1.165) is 35.2 Å². The van der Waals surface area contributed by atoms with Gasteiger partial charge in [-0.1, -0.05) is 44.2 Å². The Balaban J connectivity index is 1.37. The molecule has 2 aromatic rings. The monoisotopic (exact) mass is 526 g/mol. The van der Waals surface area contributed by atoms with Crippen molar-refractivity contribution >= 4 is 49.0 Å². The molecule has 0 saturated carbocycles. The molecule has 1 atom stereocenters. The molecule has 4 rings (SSSR count). The number of nitrogens with one attached hydrogen (secondary N) is 1. The standard InChI is InChI=1S/C25H26N4O5S2/c1-4-16(2)19-7-5-6-8-21(19)34-14-13-33-18-11-9-17(10-12-18)15-20-22(26)29-24(27-23(20)30)35-25(28-29)36(3,31)32/h5-12,15-16,26H,4,13-14H2,1-3H3/b20-15-,26-22?. The number of amides is 1. The van der Waals surface area contributed by atoms with Gasteiger partial charge in [0.1, 0.15) is 24.7 Å². The third-order valence-electron chi connectivity index (χ3n) is 5.62. The smallest absolute Gasteiger partial charge is 0.283 e. The van der Waals surface area contributed by atoms with Crippen LogP contribution in [0.5, 0.6) is 11.5 Å². The van der Waals surface area contributed by atoms with Crippen LogP contribution in [-0.2, 0) is 14.6 Å². The summed E-state index contributed by atoms with van der Waals surface area (Å²) in [5.74, 6) is 1.06. The normalized spacial score (nSPS) is 17.5. The second-order valence-electron chi connectivity index (χ2n) is 8.27. The number of carbonyl (C=O) groups is 1. The fourth-order valence-electron chi connectivity index (χ4n) is 3.50. The van der Waals surface area contributed by atoms with E-state index in [1.54, 1.807) is 24.3 Å². The molecule has 36 heavy (non-hydrogen) atoms. The van der Waals surface area contributed by atoms with Gasteiger partial charge in [0.25, 0.3) is 5.91 Å². The van der Waals surface area contributed by atoms with Crippen LogP contribution in [0.15, 0.2) is 64.2 Å². The number of para-hydroxylation sites is 1. The average Bonchev–Trinajstić information content (AvgIpc) is 3.30. The van der Waals surface area contributed by atoms with Crippen molar-refractivity contribution < 1.29 is 22.7 Å². The Morgan fingerprint density at radius 3 is 2.50 bits per heavy atom. The van der Waals surface area contributed by atoms with Crippen LogP contribution in [0.25, 0.3) is 6.08 Å². The molecule has 0 radical (unpaired) electrons. The van der Waals surface area contributed by atoms with Gasteiger partial charge < -0.3 is 9.47 Å². The number of fused-ring (bicyclic) bond motifs is 1. The van der Waals surface area contributed by atoms with E-state index in [4.69, 9.17) is 14.9 Å². The second-order valence-corrected chi connectivity index (χ2v) is 11.4. The largest absolute Gasteiger partial charge is 0.490 e. The third kappa shape index (κ3) is 5.68. The zero-order valence-corrected chi connectivity index (χ0v) is 21.7. The predicted octanol–water partition coefficient (Wildman–Crippen LogP) is 4.28. The van der Waals surface area contributed by atoms with E-state index in [9.17, 15) is 13.2 Å². The van der Waals surface area contributed by atoms with Crippen molar-refractivity contribution in [2.75, 3.05) is 19.5 Å². The van der Waals surface area contributed by atoms with E-state index in [0.29, 0.717) is 30.4 Å². The van der Waals surface area contributed by atoms with Crippen LogP contribution in [0.1, 0.15) is 37.3 Å². The van der Waals surface area contributed by atoms with E-state index in [-0.39, 0.29) is 21.0 Å². The van der Waals surface area contributed by atoms with Crippen molar-refractivity contribution in [2.24, 2.45) is 10.1 Å². The quantitative estimate of drug-likeness (QED) is 0.402. The van der Waals surface area contributed by atoms with Crippen molar-refractivity contribution in [3.63, 3.8) is 0 Å². The highest BCUT2D eigenvalue weighted by Gasteiger charge is 2.38. The molecular weight excluding hydrogens is 500 g/mol. The van der Waals surface area contributed by atoms with Crippen molar-refractivity contribution in [1.29, 1.82) is 5.41 Å². The summed E-state index contributed by atoms with van der Waals surface area (Å²) in [5, 5.41) is 13.4. The Labute approximate surface area is 214 Å². The zero-order valence-electron chi connectivity index (χ0n) is 20.1. The van der Waals surface area contributed by atoms with Crippen LogP contribution in [0.3, 0.4) is 0 Å². The first-order chi connectivity index (χ1) is 17.2. The first-order valence-electron chi connectivity index (χ1n) is 11.3. The fraction of sp³-hybridized carbons (Fsp3) is 0.280. The van der Waals surface area contributed by atoms with Crippen LogP contribution in [0, 0.1) is 5.41 Å². The van der Waals surface area contributed by atoms with Gasteiger partial charge in [-0.2, -0.15) is 10.0 Å². The number of thioether (sulfide) groups is 1. The Morgan fingerprint density at radius 2 is 1.81 bits per heavy atom. The molecule has 1 unspecified atom stereocenters. The second kappa shape index (κ2) is 10.7. The van der Waals surface area contributed by atoms with Crippen molar-refractivity contribution in [1.82, 2.24) is 5.01 Å². The maximum Gasteiger partial charge on any atom is 0.283 e. The number of ether oxygens (including phenoxy) is 2. The molecule has 1 N–H and O–H groups in total. The fourth-order valence-corrected chi connectivity index (χ4v) is 5.19. The number of rotatable bonds is 8. The molecule has 0 aliphatic carbocycles. The van der Waals surface area contributed by atoms with Gasteiger partial charge in [0, 0.05) is 6.26 Å². The molecule has 9 nitrogen and oxygen atoms in total. The summed E-state index contributed by atoms with van der Waals surface area (Å²) in [6.07, 6.45) is 3.56. The molecule has 0 saturated heterocycles. The van der Waals surface area contributed by atoms with Crippen LogP contribution in [-0.4, -0.2) is 54.2 Å². The molecule has 0 spiro atoms. The Hall–Kier alpha value is -3.44.